The van der Waals surface area contributed by atoms with Gasteiger partial charge in [0, 0.05) is 12.6 Å². The third-order valence-corrected chi connectivity index (χ3v) is 5.46. The number of aliphatic hydroxyl groups is 1. The number of aromatic amines is 1. The van der Waals surface area contributed by atoms with Gasteiger partial charge in [0.2, 0.25) is 0 Å². The molecule has 0 unspecified atom stereocenters. The molecule has 0 saturated carbocycles. The molecule has 0 spiro atoms. The zero-order valence-corrected chi connectivity index (χ0v) is 20.6. The van der Waals surface area contributed by atoms with E-state index < -0.39 is 71.2 Å². The summed E-state index contributed by atoms with van der Waals surface area (Å²) in [6.07, 6.45) is -18.4. The number of hydrogen-bond acceptors (Lipinski definition) is 7. The molecule has 0 aliphatic heterocycles. The average molecular weight is 614 g/mol. The second-order valence-electron chi connectivity index (χ2n) is 8.42. The molecule has 0 amide bonds. The highest BCUT2D eigenvalue weighted by Crippen LogP contribution is 2.39. The first-order valence-electron chi connectivity index (χ1n) is 11.2. The lowest BCUT2D eigenvalue weighted by molar-refractivity contribution is -0.275. The van der Waals surface area contributed by atoms with Gasteiger partial charge in [-0.05, 0) is 42.5 Å². The molecule has 2 heterocycles. The van der Waals surface area contributed by atoms with Gasteiger partial charge in [0.25, 0.3) is 5.56 Å². The predicted octanol–water partition coefficient (Wildman–Crippen LogP) is 4.60. The lowest BCUT2D eigenvalue weighted by Crippen LogP contribution is -2.39. The fourth-order valence-electron chi connectivity index (χ4n) is 3.72. The quantitative estimate of drug-likeness (QED) is 0.292. The van der Waals surface area contributed by atoms with Gasteiger partial charge in [-0.3, -0.25) is 14.3 Å². The molecule has 2 aromatic heterocycles. The van der Waals surface area contributed by atoms with E-state index in [1.54, 1.807) is 4.98 Å². The van der Waals surface area contributed by atoms with Crippen LogP contribution in [0.5, 0.6) is 23.0 Å². The van der Waals surface area contributed by atoms with Gasteiger partial charge in [-0.1, -0.05) is 0 Å². The molecule has 0 saturated heterocycles. The van der Waals surface area contributed by atoms with Crippen LogP contribution < -0.4 is 25.5 Å². The van der Waals surface area contributed by atoms with E-state index >= 15 is 0 Å². The van der Waals surface area contributed by atoms with Crippen molar-refractivity contribution in [2.24, 2.45) is 7.05 Å². The van der Waals surface area contributed by atoms with Gasteiger partial charge in [0.15, 0.2) is 28.8 Å². The van der Waals surface area contributed by atoms with Gasteiger partial charge in [-0.25, -0.2) is 9.78 Å². The Kier molecular flexibility index (Phi) is 7.66. The first-order chi connectivity index (χ1) is 19.3. The summed E-state index contributed by atoms with van der Waals surface area (Å²) in [5.74, 6) is -2.69. The van der Waals surface area contributed by atoms with E-state index in [-0.39, 0.29) is 17.1 Å². The molecule has 226 valence electrons. The van der Waals surface area contributed by atoms with Gasteiger partial charge in [-0.15, -0.1) is 26.3 Å². The summed E-state index contributed by atoms with van der Waals surface area (Å²) in [4.78, 5) is 30.4. The van der Waals surface area contributed by atoms with Crippen LogP contribution in [-0.2, 0) is 13.6 Å². The zero-order chi connectivity index (χ0) is 31.2. The van der Waals surface area contributed by atoms with Crippen LogP contribution in [-0.4, -0.2) is 49.2 Å². The van der Waals surface area contributed by atoms with Crippen molar-refractivity contribution in [2.75, 3.05) is 0 Å². The monoisotopic (exact) mass is 614 g/mol. The van der Waals surface area contributed by atoms with Crippen LogP contribution in [0.15, 0.2) is 52.1 Å². The molecule has 0 radical (unpaired) electrons. The van der Waals surface area contributed by atoms with Crippen molar-refractivity contribution in [1.29, 1.82) is 0 Å². The lowest BCUT2D eigenvalue weighted by Gasteiger charge is -2.15. The minimum atomic E-state index is -5.27. The summed E-state index contributed by atoms with van der Waals surface area (Å²) in [6, 6.07) is 6.47. The summed E-state index contributed by atoms with van der Waals surface area (Å²) in [5, 5.41) is 9.44. The number of H-pyrrole nitrogens is 1. The molecule has 10 nitrogen and oxygen atoms in total. The third-order valence-electron chi connectivity index (χ3n) is 5.46. The highest BCUT2D eigenvalue weighted by atomic mass is 19.4. The third kappa shape index (κ3) is 6.78. The molecule has 19 heteroatoms. The number of halogens is 9. The second-order valence-corrected chi connectivity index (χ2v) is 8.42. The Morgan fingerprint density at radius 3 is 2.05 bits per heavy atom. The minimum Gasteiger partial charge on any atom is -0.453 e. The molecule has 0 aliphatic rings. The normalized spacial score (nSPS) is 13.3. The summed E-state index contributed by atoms with van der Waals surface area (Å²) in [7, 11) is 1.19. The first kappa shape index (κ1) is 30.3. The summed E-state index contributed by atoms with van der Waals surface area (Å²) < 4.78 is 130. The molecule has 4 aromatic rings. The summed E-state index contributed by atoms with van der Waals surface area (Å²) >= 11 is 0. The van der Waals surface area contributed by atoms with Crippen molar-refractivity contribution >= 4 is 11.2 Å². The van der Waals surface area contributed by atoms with Crippen LogP contribution >= 0.6 is 0 Å². The topological polar surface area (TPSA) is 121 Å². The minimum absolute atomic E-state index is 0.191. The van der Waals surface area contributed by atoms with E-state index in [9.17, 15) is 54.2 Å². The summed E-state index contributed by atoms with van der Waals surface area (Å²) in [6.45, 7) is -1.35. The summed E-state index contributed by atoms with van der Waals surface area (Å²) in [5.41, 5.74) is -3.66. The number of benzene rings is 2. The number of alkyl halides is 9. The van der Waals surface area contributed by atoms with Crippen LogP contribution in [0, 0.1) is 0 Å². The van der Waals surface area contributed by atoms with Crippen molar-refractivity contribution < 1.29 is 58.8 Å². The number of nitrogens with one attached hydrogen (secondary N) is 1. The number of hydrogen-bond donors (Lipinski definition) is 2. The van der Waals surface area contributed by atoms with E-state index in [1.165, 1.54) is 7.05 Å². The highest BCUT2D eigenvalue weighted by molar-refractivity contribution is 5.77. The van der Waals surface area contributed by atoms with E-state index in [0.29, 0.717) is 4.57 Å². The Morgan fingerprint density at radius 2 is 1.48 bits per heavy atom. The van der Waals surface area contributed by atoms with Crippen molar-refractivity contribution in [2.45, 2.75) is 31.5 Å². The largest absolute Gasteiger partial charge is 0.573 e. The smallest absolute Gasteiger partial charge is 0.453 e. The number of fused-ring (bicyclic) bond motifs is 1. The molecule has 1 atom stereocenters. The zero-order valence-electron chi connectivity index (χ0n) is 20.6. The maximum Gasteiger partial charge on any atom is 0.573 e. The van der Waals surface area contributed by atoms with Crippen molar-refractivity contribution in [1.82, 2.24) is 19.1 Å². The Bertz CT molecular complexity index is 1720. The van der Waals surface area contributed by atoms with E-state index in [1.807, 2.05) is 0 Å². The molecule has 42 heavy (non-hydrogen) atoms. The lowest BCUT2D eigenvalue weighted by atomic mass is 10.2. The van der Waals surface area contributed by atoms with Crippen LogP contribution in [0.3, 0.4) is 0 Å². The van der Waals surface area contributed by atoms with Crippen molar-refractivity contribution in [3.8, 4) is 34.4 Å². The Hall–Kier alpha value is -4.68. The Morgan fingerprint density at radius 1 is 0.881 bits per heavy atom. The number of aliphatic hydroxyl groups excluding tert-OH is 1. The van der Waals surface area contributed by atoms with E-state index in [4.69, 9.17) is 4.74 Å². The van der Waals surface area contributed by atoms with Crippen LogP contribution in [0.2, 0.25) is 0 Å². The van der Waals surface area contributed by atoms with Gasteiger partial charge >= 0.3 is 24.6 Å². The molecule has 0 bridgehead atoms. The number of aromatic nitrogens is 4. The van der Waals surface area contributed by atoms with E-state index in [0.717, 1.165) is 47.0 Å². The van der Waals surface area contributed by atoms with Crippen molar-refractivity contribution in [3.05, 3.63) is 63.3 Å². The van der Waals surface area contributed by atoms with Crippen LogP contribution in [0.1, 0.15) is 0 Å². The molecular weight excluding hydrogens is 599 g/mol. The van der Waals surface area contributed by atoms with Gasteiger partial charge < -0.3 is 23.9 Å². The van der Waals surface area contributed by atoms with Gasteiger partial charge in [-0.2, -0.15) is 13.2 Å². The SMILES string of the molecule is Cn1c(-c2ccc(Oc3ccc(OC(F)(F)F)cc3)c(OC(F)(F)F)c2)nc2c1c(=O)[nH]c(=O)n2C[C@@H](O)C(F)(F)F. The number of aryl methyl sites for hydroxylation is 1. The Balaban J connectivity index is 1.77. The number of nitrogens with zero attached hydrogens (tertiary/aromatic N) is 3. The second kappa shape index (κ2) is 10.6. The van der Waals surface area contributed by atoms with Gasteiger partial charge in [0.1, 0.15) is 17.3 Å². The first-order valence-corrected chi connectivity index (χ1v) is 11.2. The number of imidazole rings is 1. The van der Waals surface area contributed by atoms with E-state index in [2.05, 4.69) is 14.5 Å². The molecular formula is C23H15F9N4O6. The average Bonchev–Trinajstić information content (AvgIpc) is 3.19. The highest BCUT2D eigenvalue weighted by Gasteiger charge is 2.39. The number of ether oxygens (including phenoxy) is 3. The standard InChI is InChI=1S/C23H15F9N4O6/c1-35-16-18(36(20(39)34-19(16)38)9-15(37)21(24,25)26)33-17(35)10-2-7-13(14(8-10)42-23(30,31)32)40-11-3-5-12(6-4-11)41-22(27,28)29/h2-8,15,37H,9H2,1H3,(H,34,38,39)/t15-/m1/s1. The number of rotatable bonds is 7. The van der Waals surface area contributed by atoms with Crippen LogP contribution in [0.25, 0.3) is 22.6 Å². The Labute approximate surface area is 226 Å². The maximum absolute atomic E-state index is 13.2. The van der Waals surface area contributed by atoms with Crippen LogP contribution in [0.4, 0.5) is 39.5 Å². The predicted molar refractivity (Wildman–Crippen MR) is 123 cm³/mol. The molecule has 0 fully saturated rings. The van der Waals surface area contributed by atoms with Crippen molar-refractivity contribution in [3.63, 3.8) is 0 Å². The van der Waals surface area contributed by atoms with Gasteiger partial charge in [0.05, 0.1) is 6.54 Å². The fraction of sp³-hybridized carbons (Fsp3) is 0.261. The molecule has 4 rings (SSSR count). The fourth-order valence-corrected chi connectivity index (χ4v) is 3.72. The maximum atomic E-state index is 13.2. The molecule has 0 aliphatic carbocycles. The molecule has 2 N–H and O–H groups in total. The molecule has 2 aromatic carbocycles.